The van der Waals surface area contributed by atoms with Crippen molar-refractivity contribution in [3.05, 3.63) is 46.8 Å². The third-order valence-electron chi connectivity index (χ3n) is 5.08. The summed E-state index contributed by atoms with van der Waals surface area (Å²) in [6.45, 7) is 8.02. The number of aryl methyl sites for hydroxylation is 1. The average Bonchev–Trinajstić information content (AvgIpc) is 3.24. The van der Waals surface area contributed by atoms with Crippen molar-refractivity contribution >= 4 is 46.3 Å². The molecule has 0 amide bonds. The summed E-state index contributed by atoms with van der Waals surface area (Å²) in [5.74, 6) is 1.86. The van der Waals surface area contributed by atoms with Gasteiger partial charge in [0.05, 0.1) is 12.1 Å². The summed E-state index contributed by atoms with van der Waals surface area (Å²) in [6, 6.07) is 11.1. The van der Waals surface area contributed by atoms with Gasteiger partial charge in [-0.2, -0.15) is 0 Å². The van der Waals surface area contributed by atoms with Gasteiger partial charge in [0.2, 0.25) is 0 Å². The van der Waals surface area contributed by atoms with E-state index in [9.17, 15) is 0 Å². The van der Waals surface area contributed by atoms with Crippen LogP contribution in [0.4, 0.5) is 5.00 Å². The number of thiophene rings is 1. The van der Waals surface area contributed by atoms with E-state index in [0.29, 0.717) is 6.04 Å². The highest BCUT2D eigenvalue weighted by molar-refractivity contribution is 14.0. The summed E-state index contributed by atoms with van der Waals surface area (Å²) in [6.07, 6.45) is 3.14. The number of hydrogen-bond acceptors (Lipinski definition) is 4. The van der Waals surface area contributed by atoms with Gasteiger partial charge in [0.15, 0.2) is 5.96 Å². The van der Waals surface area contributed by atoms with Crippen LogP contribution in [0.2, 0.25) is 0 Å². The number of anilines is 1. The number of guanidine groups is 1. The second kappa shape index (κ2) is 12.3. The SMILES string of the molecule is CCNC(=NCCc1cc(C)ccc1OC)NC1CCN(c2cccs2)CC1.I. The lowest BCUT2D eigenvalue weighted by molar-refractivity contribution is 0.409. The predicted molar refractivity (Wildman–Crippen MR) is 136 cm³/mol. The fourth-order valence-corrected chi connectivity index (χ4v) is 4.38. The molecule has 2 heterocycles. The zero-order valence-electron chi connectivity index (χ0n) is 17.6. The molecule has 1 aromatic carbocycles. The standard InChI is InChI=1S/C22H32N4OS.HI/c1-4-23-22(24-12-9-18-16-17(2)7-8-20(18)27-3)25-19-10-13-26(14-11-19)21-6-5-15-28-21;/h5-8,15-16,19H,4,9-14H2,1-3H3,(H2,23,24,25);1H. The molecule has 29 heavy (non-hydrogen) atoms. The Labute approximate surface area is 196 Å². The fourth-order valence-electron chi connectivity index (χ4n) is 3.60. The van der Waals surface area contributed by atoms with E-state index in [1.54, 1.807) is 7.11 Å². The monoisotopic (exact) mass is 528 g/mol. The van der Waals surface area contributed by atoms with Crippen LogP contribution < -0.4 is 20.3 Å². The van der Waals surface area contributed by atoms with Gasteiger partial charge in [0.1, 0.15) is 5.75 Å². The molecule has 0 saturated carbocycles. The number of aliphatic imine (C=N–C) groups is 1. The van der Waals surface area contributed by atoms with Crippen LogP contribution in [0.3, 0.4) is 0 Å². The topological polar surface area (TPSA) is 48.9 Å². The van der Waals surface area contributed by atoms with E-state index in [1.165, 1.54) is 16.1 Å². The van der Waals surface area contributed by atoms with Gasteiger partial charge in [0, 0.05) is 32.2 Å². The van der Waals surface area contributed by atoms with Crippen molar-refractivity contribution in [3.8, 4) is 5.75 Å². The predicted octanol–water partition coefficient (Wildman–Crippen LogP) is 4.45. The minimum atomic E-state index is 0. The van der Waals surface area contributed by atoms with Crippen LogP contribution in [-0.4, -0.2) is 45.3 Å². The van der Waals surface area contributed by atoms with Crippen LogP contribution in [0, 0.1) is 6.92 Å². The van der Waals surface area contributed by atoms with Crippen LogP contribution in [0.5, 0.6) is 5.75 Å². The first-order valence-corrected chi connectivity index (χ1v) is 11.0. The van der Waals surface area contributed by atoms with Crippen LogP contribution in [0.25, 0.3) is 0 Å². The van der Waals surface area contributed by atoms with E-state index in [0.717, 1.165) is 57.2 Å². The first-order chi connectivity index (χ1) is 13.7. The van der Waals surface area contributed by atoms with Crippen molar-refractivity contribution in [3.63, 3.8) is 0 Å². The summed E-state index contributed by atoms with van der Waals surface area (Å²) in [5, 5.41) is 10.6. The third-order valence-corrected chi connectivity index (χ3v) is 6.01. The quantitative estimate of drug-likeness (QED) is 0.317. The molecule has 1 aliphatic heterocycles. The molecule has 7 heteroatoms. The number of piperidine rings is 1. The summed E-state index contributed by atoms with van der Waals surface area (Å²) in [7, 11) is 1.73. The Morgan fingerprint density at radius 3 is 2.72 bits per heavy atom. The highest BCUT2D eigenvalue weighted by atomic mass is 127. The van der Waals surface area contributed by atoms with E-state index < -0.39 is 0 Å². The van der Waals surface area contributed by atoms with E-state index in [2.05, 4.69) is 59.0 Å². The average molecular weight is 529 g/mol. The molecule has 0 spiro atoms. The number of halogens is 1. The molecule has 1 fully saturated rings. The summed E-state index contributed by atoms with van der Waals surface area (Å²) >= 11 is 1.82. The lowest BCUT2D eigenvalue weighted by Gasteiger charge is -2.33. The minimum Gasteiger partial charge on any atom is -0.496 e. The maximum Gasteiger partial charge on any atom is 0.191 e. The molecule has 1 aliphatic rings. The zero-order valence-corrected chi connectivity index (χ0v) is 20.8. The number of nitrogens with zero attached hydrogens (tertiary/aromatic N) is 2. The van der Waals surface area contributed by atoms with E-state index >= 15 is 0 Å². The number of rotatable bonds is 7. The van der Waals surface area contributed by atoms with Gasteiger partial charge < -0.3 is 20.3 Å². The van der Waals surface area contributed by atoms with Gasteiger partial charge in [-0.1, -0.05) is 17.7 Å². The van der Waals surface area contributed by atoms with Gasteiger partial charge >= 0.3 is 0 Å². The molecule has 0 radical (unpaired) electrons. The van der Waals surface area contributed by atoms with Crippen molar-refractivity contribution in [2.75, 3.05) is 38.2 Å². The van der Waals surface area contributed by atoms with Crippen molar-refractivity contribution in [1.29, 1.82) is 0 Å². The third kappa shape index (κ3) is 7.06. The molecular weight excluding hydrogens is 495 g/mol. The second-order valence-corrected chi connectivity index (χ2v) is 8.11. The van der Waals surface area contributed by atoms with Crippen molar-refractivity contribution in [2.24, 2.45) is 4.99 Å². The van der Waals surface area contributed by atoms with Crippen LogP contribution in [0.15, 0.2) is 40.7 Å². The zero-order chi connectivity index (χ0) is 19.8. The molecule has 160 valence electrons. The largest absolute Gasteiger partial charge is 0.496 e. The number of benzene rings is 1. The molecule has 1 saturated heterocycles. The highest BCUT2D eigenvalue weighted by Gasteiger charge is 2.20. The molecule has 3 rings (SSSR count). The van der Waals surface area contributed by atoms with E-state index in [4.69, 9.17) is 9.73 Å². The van der Waals surface area contributed by atoms with Gasteiger partial charge in [-0.15, -0.1) is 35.3 Å². The number of ether oxygens (including phenoxy) is 1. The maximum atomic E-state index is 5.48. The van der Waals surface area contributed by atoms with Crippen molar-refractivity contribution < 1.29 is 4.74 Å². The van der Waals surface area contributed by atoms with Gasteiger partial charge in [-0.05, 0) is 62.3 Å². The van der Waals surface area contributed by atoms with Gasteiger partial charge in [-0.25, -0.2) is 0 Å². The lowest BCUT2D eigenvalue weighted by atomic mass is 10.1. The number of methoxy groups -OCH3 is 1. The van der Waals surface area contributed by atoms with Crippen molar-refractivity contribution in [2.45, 2.75) is 39.2 Å². The summed E-state index contributed by atoms with van der Waals surface area (Å²) in [4.78, 5) is 7.29. The highest BCUT2D eigenvalue weighted by Crippen LogP contribution is 2.25. The molecular formula is C22H33IN4OS. The maximum absolute atomic E-state index is 5.48. The molecule has 0 aliphatic carbocycles. The first-order valence-electron chi connectivity index (χ1n) is 10.2. The Kier molecular flexibility index (Phi) is 10.1. The van der Waals surface area contributed by atoms with Crippen LogP contribution in [-0.2, 0) is 6.42 Å². The first kappa shape index (κ1) is 23.8. The Bertz CT molecular complexity index is 758. The lowest BCUT2D eigenvalue weighted by Crippen LogP contribution is -2.48. The van der Waals surface area contributed by atoms with E-state index in [-0.39, 0.29) is 24.0 Å². The van der Waals surface area contributed by atoms with Gasteiger partial charge in [-0.3, -0.25) is 4.99 Å². The molecule has 2 aromatic rings. The second-order valence-electron chi connectivity index (χ2n) is 7.18. The smallest absolute Gasteiger partial charge is 0.191 e. The Morgan fingerprint density at radius 1 is 1.28 bits per heavy atom. The summed E-state index contributed by atoms with van der Waals surface area (Å²) < 4.78 is 5.48. The van der Waals surface area contributed by atoms with Crippen molar-refractivity contribution in [1.82, 2.24) is 10.6 Å². The summed E-state index contributed by atoms with van der Waals surface area (Å²) in [5.41, 5.74) is 2.47. The Hall–Kier alpha value is -1.48. The Balaban J connectivity index is 0.00000300. The molecule has 0 unspecified atom stereocenters. The van der Waals surface area contributed by atoms with Crippen LogP contribution >= 0.6 is 35.3 Å². The Morgan fingerprint density at radius 2 is 2.07 bits per heavy atom. The minimum absolute atomic E-state index is 0. The van der Waals surface area contributed by atoms with E-state index in [1.807, 2.05) is 17.4 Å². The molecule has 0 atom stereocenters. The molecule has 1 aromatic heterocycles. The molecule has 0 bridgehead atoms. The molecule has 5 nitrogen and oxygen atoms in total. The van der Waals surface area contributed by atoms with Crippen LogP contribution in [0.1, 0.15) is 30.9 Å². The fraction of sp³-hybridized carbons (Fsp3) is 0.500. The normalized spacial score (nSPS) is 15.0. The molecule has 2 N–H and O–H groups in total. The van der Waals surface area contributed by atoms with Gasteiger partial charge in [0.25, 0.3) is 0 Å². The number of hydrogen-bond donors (Lipinski definition) is 2. The number of nitrogens with one attached hydrogen (secondary N) is 2.